The maximum Gasteiger partial charge on any atom is 0.357 e. The van der Waals surface area contributed by atoms with E-state index in [1.165, 1.54) is 23.9 Å². The number of nitriles is 1. The van der Waals surface area contributed by atoms with Gasteiger partial charge in [-0.3, -0.25) is 0 Å². The van der Waals surface area contributed by atoms with Gasteiger partial charge in [-0.25, -0.2) is 9.18 Å². The Morgan fingerprint density at radius 3 is 2.81 bits per heavy atom. The zero-order valence-electron chi connectivity index (χ0n) is 10.7. The molecule has 0 spiro atoms. The van der Waals surface area contributed by atoms with Gasteiger partial charge in [0.05, 0.1) is 29.1 Å². The topological polar surface area (TPSA) is 81.0 Å². The van der Waals surface area contributed by atoms with Crippen LogP contribution in [0, 0.1) is 17.1 Å². The minimum Gasteiger partial charge on any atom is -0.464 e. The number of carbonyl (C=O) groups excluding carboxylic acids is 1. The van der Waals surface area contributed by atoms with Crippen molar-refractivity contribution in [1.82, 2.24) is 4.57 Å². The van der Waals surface area contributed by atoms with Crippen molar-refractivity contribution in [3.05, 3.63) is 44.9 Å². The second-order valence-corrected chi connectivity index (χ2v) is 5.23. The highest BCUT2D eigenvalue weighted by atomic mass is 79.9. The number of methoxy groups -OCH3 is 1. The minimum atomic E-state index is -0.759. The van der Waals surface area contributed by atoms with Gasteiger partial charge < -0.3 is 15.0 Å². The largest absolute Gasteiger partial charge is 0.464 e. The van der Waals surface area contributed by atoms with Crippen LogP contribution in [0.2, 0.25) is 5.02 Å². The molecule has 0 saturated heterocycles. The number of nitrogen functional groups attached to an aromatic ring is 1. The molecular formula is C13H8BrClFN3O2. The lowest BCUT2D eigenvalue weighted by Gasteiger charge is -2.11. The van der Waals surface area contributed by atoms with Gasteiger partial charge in [0.2, 0.25) is 0 Å². The summed E-state index contributed by atoms with van der Waals surface area (Å²) in [6.07, 6.45) is 1.30. The number of nitrogens with two attached hydrogens (primary N) is 1. The lowest BCUT2D eigenvalue weighted by molar-refractivity contribution is 0.0593. The van der Waals surface area contributed by atoms with E-state index in [0.29, 0.717) is 4.47 Å². The summed E-state index contributed by atoms with van der Waals surface area (Å²) < 4.78 is 19.8. The molecule has 0 atom stereocenters. The first-order valence-electron chi connectivity index (χ1n) is 5.54. The Morgan fingerprint density at radius 2 is 2.24 bits per heavy atom. The van der Waals surface area contributed by atoms with Crippen LogP contribution in [-0.4, -0.2) is 17.6 Å². The molecule has 5 nitrogen and oxygen atoms in total. The van der Waals surface area contributed by atoms with Crippen LogP contribution >= 0.6 is 27.5 Å². The number of rotatable bonds is 2. The van der Waals surface area contributed by atoms with Gasteiger partial charge in [-0.2, -0.15) is 5.26 Å². The second-order valence-electron chi connectivity index (χ2n) is 4.00. The molecule has 2 rings (SSSR count). The fourth-order valence-corrected chi connectivity index (χ4v) is 2.44. The Bertz CT molecular complexity index is 783. The van der Waals surface area contributed by atoms with E-state index in [4.69, 9.17) is 22.6 Å². The number of halogens is 3. The number of anilines is 1. The molecule has 0 bridgehead atoms. The first-order valence-corrected chi connectivity index (χ1v) is 6.72. The van der Waals surface area contributed by atoms with Gasteiger partial charge in [0.15, 0.2) is 5.69 Å². The molecule has 0 amide bonds. The standard InChI is InChI=1S/C13H8BrClFN3O2/c1-21-13(20)12-11(18)6(4-17)5-19(12)9-3-7(16)2-8(14)10(9)15/h2-3,5H,18H2,1H3. The SMILES string of the molecule is COC(=O)c1c(N)c(C#N)cn1-c1cc(F)cc(Br)c1Cl. The van der Waals surface area contributed by atoms with E-state index in [2.05, 4.69) is 20.7 Å². The lowest BCUT2D eigenvalue weighted by Crippen LogP contribution is -2.11. The van der Waals surface area contributed by atoms with E-state index in [1.54, 1.807) is 0 Å². The van der Waals surface area contributed by atoms with E-state index in [1.807, 2.05) is 6.07 Å². The number of hydrogen-bond acceptors (Lipinski definition) is 4. The van der Waals surface area contributed by atoms with Crippen LogP contribution in [0.1, 0.15) is 16.1 Å². The summed E-state index contributed by atoms with van der Waals surface area (Å²) in [6, 6.07) is 4.16. The Kier molecular flexibility index (Phi) is 4.21. The smallest absolute Gasteiger partial charge is 0.357 e. The molecule has 0 unspecified atom stereocenters. The fraction of sp³-hybridized carbons (Fsp3) is 0.0769. The molecule has 0 aliphatic carbocycles. The normalized spacial score (nSPS) is 10.2. The predicted molar refractivity (Wildman–Crippen MR) is 78.9 cm³/mol. The summed E-state index contributed by atoms with van der Waals surface area (Å²) >= 11 is 9.23. The number of carbonyl (C=O) groups is 1. The highest BCUT2D eigenvalue weighted by Gasteiger charge is 2.23. The first-order chi connectivity index (χ1) is 9.90. The van der Waals surface area contributed by atoms with Gasteiger partial charge in [0, 0.05) is 10.7 Å². The van der Waals surface area contributed by atoms with Gasteiger partial charge in [-0.15, -0.1) is 0 Å². The Labute approximate surface area is 132 Å². The maximum atomic E-state index is 13.6. The summed E-state index contributed by atoms with van der Waals surface area (Å²) in [5.41, 5.74) is 5.84. The molecule has 108 valence electrons. The molecule has 0 fully saturated rings. The summed E-state index contributed by atoms with van der Waals surface area (Å²) in [5.74, 6) is -1.33. The highest BCUT2D eigenvalue weighted by Crippen LogP contribution is 2.33. The number of esters is 1. The van der Waals surface area contributed by atoms with E-state index in [-0.39, 0.29) is 27.7 Å². The molecule has 0 radical (unpaired) electrons. The number of nitrogens with zero attached hydrogens (tertiary/aromatic N) is 2. The van der Waals surface area contributed by atoms with Gasteiger partial charge in [0.25, 0.3) is 0 Å². The monoisotopic (exact) mass is 371 g/mol. The molecule has 0 aliphatic heterocycles. The summed E-state index contributed by atoms with van der Waals surface area (Å²) in [5, 5.41) is 9.19. The molecule has 1 heterocycles. The van der Waals surface area contributed by atoms with E-state index < -0.39 is 11.8 Å². The van der Waals surface area contributed by atoms with Crippen LogP contribution in [0.15, 0.2) is 22.8 Å². The van der Waals surface area contributed by atoms with Crippen molar-refractivity contribution in [3.63, 3.8) is 0 Å². The van der Waals surface area contributed by atoms with Crippen molar-refractivity contribution in [2.45, 2.75) is 0 Å². The third-order valence-electron chi connectivity index (χ3n) is 2.78. The zero-order chi connectivity index (χ0) is 15.7. The molecule has 0 aliphatic rings. The molecule has 1 aromatic carbocycles. The second kappa shape index (κ2) is 5.76. The van der Waals surface area contributed by atoms with Crippen LogP contribution < -0.4 is 5.73 Å². The van der Waals surface area contributed by atoms with Crippen LogP contribution in [0.25, 0.3) is 5.69 Å². The van der Waals surface area contributed by atoms with E-state index in [0.717, 1.165) is 6.07 Å². The van der Waals surface area contributed by atoms with Crippen molar-refractivity contribution in [2.75, 3.05) is 12.8 Å². The van der Waals surface area contributed by atoms with Crippen LogP contribution in [0.3, 0.4) is 0 Å². The molecule has 2 N–H and O–H groups in total. The summed E-state index contributed by atoms with van der Waals surface area (Å²) in [7, 11) is 1.17. The number of ether oxygens (including phenoxy) is 1. The Morgan fingerprint density at radius 1 is 1.57 bits per heavy atom. The maximum absolute atomic E-state index is 13.6. The zero-order valence-corrected chi connectivity index (χ0v) is 13.0. The minimum absolute atomic E-state index is 0.0548. The number of benzene rings is 1. The molecule has 8 heteroatoms. The van der Waals surface area contributed by atoms with Crippen molar-refractivity contribution in [2.24, 2.45) is 0 Å². The fourth-order valence-electron chi connectivity index (χ4n) is 1.82. The first kappa shape index (κ1) is 15.4. The molecular weight excluding hydrogens is 365 g/mol. The average molecular weight is 373 g/mol. The third-order valence-corrected chi connectivity index (χ3v) is 4.03. The molecule has 0 saturated carbocycles. The van der Waals surface area contributed by atoms with Crippen molar-refractivity contribution in [1.29, 1.82) is 5.26 Å². The highest BCUT2D eigenvalue weighted by molar-refractivity contribution is 9.10. The predicted octanol–water partition coefficient (Wildman–Crippen LogP) is 3.27. The third kappa shape index (κ3) is 2.60. The van der Waals surface area contributed by atoms with Crippen molar-refractivity contribution >= 4 is 39.2 Å². The Hall–Kier alpha value is -2.04. The number of aromatic nitrogens is 1. The van der Waals surface area contributed by atoms with Gasteiger partial charge in [-0.05, 0) is 28.1 Å². The van der Waals surface area contributed by atoms with Gasteiger partial charge in [-0.1, -0.05) is 11.6 Å². The molecule has 1 aromatic heterocycles. The van der Waals surface area contributed by atoms with Crippen molar-refractivity contribution < 1.29 is 13.9 Å². The van der Waals surface area contributed by atoms with Gasteiger partial charge >= 0.3 is 5.97 Å². The van der Waals surface area contributed by atoms with Crippen LogP contribution in [0.5, 0.6) is 0 Å². The molecule has 2 aromatic rings. The van der Waals surface area contributed by atoms with Crippen LogP contribution in [-0.2, 0) is 4.74 Å². The van der Waals surface area contributed by atoms with Gasteiger partial charge in [0.1, 0.15) is 11.9 Å². The summed E-state index contributed by atoms with van der Waals surface area (Å²) in [4.78, 5) is 11.9. The molecule has 21 heavy (non-hydrogen) atoms. The number of hydrogen-bond donors (Lipinski definition) is 1. The quantitative estimate of drug-likeness (QED) is 0.648. The van der Waals surface area contributed by atoms with Crippen molar-refractivity contribution in [3.8, 4) is 11.8 Å². The Balaban J connectivity index is 2.82. The van der Waals surface area contributed by atoms with E-state index >= 15 is 0 Å². The summed E-state index contributed by atoms with van der Waals surface area (Å²) in [6.45, 7) is 0. The van der Waals surface area contributed by atoms with E-state index in [9.17, 15) is 9.18 Å². The average Bonchev–Trinajstić information content (AvgIpc) is 2.78. The lowest BCUT2D eigenvalue weighted by atomic mass is 10.2. The van der Waals surface area contributed by atoms with Crippen LogP contribution in [0.4, 0.5) is 10.1 Å².